The second-order valence-electron chi connectivity index (χ2n) is 6.34. The van der Waals surface area contributed by atoms with E-state index < -0.39 is 0 Å². The van der Waals surface area contributed by atoms with Gasteiger partial charge in [0.25, 0.3) is 0 Å². The highest BCUT2D eigenvalue weighted by molar-refractivity contribution is 5.41. The van der Waals surface area contributed by atoms with Gasteiger partial charge in [-0.15, -0.1) is 0 Å². The average Bonchev–Trinajstić information content (AvgIpc) is 2.35. The minimum absolute atomic E-state index is 0.200. The lowest BCUT2D eigenvalue weighted by atomic mass is 10.0. The molecule has 20 heavy (non-hydrogen) atoms. The van der Waals surface area contributed by atoms with Gasteiger partial charge in [0.05, 0.1) is 7.11 Å². The number of hydrogen-bond acceptors (Lipinski definition) is 3. The van der Waals surface area contributed by atoms with Crippen molar-refractivity contribution in [1.29, 1.82) is 0 Å². The quantitative estimate of drug-likeness (QED) is 0.816. The summed E-state index contributed by atoms with van der Waals surface area (Å²) in [6.07, 6.45) is 0. The van der Waals surface area contributed by atoms with Gasteiger partial charge in [-0.3, -0.25) is 4.90 Å². The van der Waals surface area contributed by atoms with Crippen molar-refractivity contribution in [3.63, 3.8) is 0 Å². The molecule has 114 valence electrons. The number of methoxy groups -OCH3 is 1. The second kappa shape index (κ2) is 7.53. The zero-order chi connectivity index (χ0) is 15.3. The van der Waals surface area contributed by atoms with Crippen molar-refractivity contribution in [2.75, 3.05) is 20.2 Å². The molecule has 0 aliphatic carbocycles. The summed E-state index contributed by atoms with van der Waals surface area (Å²) in [5.41, 5.74) is 0.965. The first-order valence-electron chi connectivity index (χ1n) is 7.46. The van der Waals surface area contributed by atoms with Crippen molar-refractivity contribution < 1.29 is 9.84 Å². The molecule has 0 saturated carbocycles. The Morgan fingerprint density at radius 2 is 1.60 bits per heavy atom. The van der Waals surface area contributed by atoms with Gasteiger partial charge in [-0.25, -0.2) is 0 Å². The number of ether oxygens (including phenoxy) is 1. The Hall–Kier alpha value is -1.22. The highest BCUT2D eigenvalue weighted by Crippen LogP contribution is 2.32. The lowest BCUT2D eigenvalue weighted by Crippen LogP contribution is -2.33. The van der Waals surface area contributed by atoms with E-state index in [0.29, 0.717) is 23.3 Å². The van der Waals surface area contributed by atoms with E-state index >= 15 is 0 Å². The number of phenols is 1. The van der Waals surface area contributed by atoms with E-state index in [9.17, 15) is 5.11 Å². The minimum atomic E-state index is 0.200. The molecule has 1 rings (SSSR count). The highest BCUT2D eigenvalue weighted by Gasteiger charge is 2.20. The minimum Gasteiger partial charge on any atom is -0.507 e. The summed E-state index contributed by atoms with van der Waals surface area (Å²) in [5.74, 6) is 2.22. The van der Waals surface area contributed by atoms with Crippen LogP contribution in [0.1, 0.15) is 46.2 Å². The van der Waals surface area contributed by atoms with Crippen LogP contribution < -0.4 is 4.74 Å². The Morgan fingerprint density at radius 3 is 2.00 bits per heavy atom. The van der Waals surface area contributed by atoms with Crippen LogP contribution in [0.4, 0.5) is 0 Å². The van der Waals surface area contributed by atoms with Crippen molar-refractivity contribution in [2.45, 2.75) is 40.7 Å². The van der Waals surface area contributed by atoms with Crippen LogP contribution in [-0.4, -0.2) is 30.2 Å². The second-order valence-corrected chi connectivity index (χ2v) is 6.34. The molecule has 0 amide bonds. The molecule has 1 atom stereocenters. The van der Waals surface area contributed by atoms with Gasteiger partial charge < -0.3 is 9.84 Å². The normalized spacial score (nSPS) is 13.2. The first-order valence-corrected chi connectivity index (χ1v) is 7.46. The molecule has 3 nitrogen and oxygen atoms in total. The summed E-state index contributed by atoms with van der Waals surface area (Å²) in [6.45, 7) is 13.1. The number of aromatic hydroxyl groups is 1. The summed E-state index contributed by atoms with van der Waals surface area (Å²) in [4.78, 5) is 2.44. The standard InChI is InChI=1S/C17H29NO2/c1-12(2)10-18(11-13(3)4)14(5)16-8-7-15(20-6)9-17(16)19/h7-9,12-14,19H,10-11H2,1-6H3. The van der Waals surface area contributed by atoms with Crippen LogP contribution in [0.5, 0.6) is 11.5 Å². The molecule has 0 fully saturated rings. The van der Waals surface area contributed by atoms with Gasteiger partial charge in [-0.05, 0) is 24.8 Å². The van der Waals surface area contributed by atoms with Crippen molar-refractivity contribution >= 4 is 0 Å². The molecule has 0 radical (unpaired) electrons. The lowest BCUT2D eigenvalue weighted by Gasteiger charge is -2.32. The van der Waals surface area contributed by atoms with Crippen LogP contribution in [0.15, 0.2) is 18.2 Å². The van der Waals surface area contributed by atoms with Crippen molar-refractivity contribution in [3.8, 4) is 11.5 Å². The summed E-state index contributed by atoms with van der Waals surface area (Å²) in [7, 11) is 1.61. The molecule has 1 aromatic carbocycles. The number of phenolic OH excluding ortho intramolecular Hbond substituents is 1. The molecule has 0 saturated heterocycles. The monoisotopic (exact) mass is 279 g/mol. The number of rotatable bonds is 7. The fraction of sp³-hybridized carbons (Fsp3) is 0.647. The Morgan fingerprint density at radius 1 is 1.05 bits per heavy atom. The largest absolute Gasteiger partial charge is 0.507 e. The Kier molecular flexibility index (Phi) is 6.34. The van der Waals surface area contributed by atoms with Crippen LogP contribution in [0.2, 0.25) is 0 Å². The molecule has 1 N–H and O–H groups in total. The maximum absolute atomic E-state index is 10.2. The van der Waals surface area contributed by atoms with E-state index in [0.717, 1.165) is 18.7 Å². The van der Waals surface area contributed by atoms with Crippen LogP contribution in [0, 0.1) is 11.8 Å². The molecule has 0 bridgehead atoms. The van der Waals surface area contributed by atoms with Crippen molar-refractivity contribution in [3.05, 3.63) is 23.8 Å². The molecule has 3 heteroatoms. The van der Waals surface area contributed by atoms with Crippen molar-refractivity contribution in [1.82, 2.24) is 4.90 Å². The Bertz CT molecular complexity index is 405. The third kappa shape index (κ3) is 4.71. The van der Waals surface area contributed by atoms with Gasteiger partial charge in [0.2, 0.25) is 0 Å². The predicted molar refractivity (Wildman–Crippen MR) is 84.3 cm³/mol. The molecular formula is C17H29NO2. The molecule has 0 spiro atoms. The highest BCUT2D eigenvalue weighted by atomic mass is 16.5. The maximum Gasteiger partial charge on any atom is 0.124 e. The fourth-order valence-electron chi connectivity index (χ4n) is 2.53. The van der Waals surface area contributed by atoms with E-state index in [1.807, 2.05) is 12.1 Å². The van der Waals surface area contributed by atoms with Gasteiger partial charge in [0.1, 0.15) is 11.5 Å². The van der Waals surface area contributed by atoms with Crippen LogP contribution in [0.3, 0.4) is 0 Å². The molecule has 0 heterocycles. The Balaban J connectivity index is 2.95. The summed E-state index contributed by atoms with van der Waals surface area (Å²) in [6, 6.07) is 5.76. The first-order chi connectivity index (χ1) is 9.35. The zero-order valence-corrected chi connectivity index (χ0v) is 13.7. The number of hydrogen-bond donors (Lipinski definition) is 1. The summed E-state index contributed by atoms with van der Waals surface area (Å²) < 4.78 is 5.15. The van der Waals surface area contributed by atoms with E-state index in [2.05, 4.69) is 39.5 Å². The number of nitrogens with zero attached hydrogens (tertiary/aromatic N) is 1. The number of benzene rings is 1. The average molecular weight is 279 g/mol. The van der Waals surface area contributed by atoms with Gasteiger partial charge in [-0.1, -0.05) is 33.8 Å². The van der Waals surface area contributed by atoms with Crippen LogP contribution in [0.25, 0.3) is 0 Å². The van der Waals surface area contributed by atoms with Gasteiger partial charge in [0.15, 0.2) is 0 Å². The predicted octanol–water partition coefficient (Wildman–Crippen LogP) is 4.08. The lowest BCUT2D eigenvalue weighted by molar-refractivity contribution is 0.165. The van der Waals surface area contributed by atoms with E-state index in [4.69, 9.17) is 4.74 Å². The van der Waals surface area contributed by atoms with E-state index in [1.165, 1.54) is 0 Å². The fourth-order valence-corrected chi connectivity index (χ4v) is 2.53. The summed E-state index contributed by atoms with van der Waals surface area (Å²) >= 11 is 0. The van der Waals surface area contributed by atoms with Gasteiger partial charge >= 0.3 is 0 Å². The Labute approximate surface area is 123 Å². The molecule has 1 aromatic rings. The van der Waals surface area contributed by atoms with E-state index in [-0.39, 0.29) is 6.04 Å². The molecule has 1 unspecified atom stereocenters. The molecule has 0 aromatic heterocycles. The van der Waals surface area contributed by atoms with Crippen LogP contribution in [-0.2, 0) is 0 Å². The molecule has 0 aliphatic heterocycles. The third-order valence-corrected chi connectivity index (χ3v) is 3.43. The van der Waals surface area contributed by atoms with E-state index in [1.54, 1.807) is 13.2 Å². The first kappa shape index (κ1) is 16.8. The third-order valence-electron chi connectivity index (χ3n) is 3.43. The van der Waals surface area contributed by atoms with Crippen molar-refractivity contribution in [2.24, 2.45) is 11.8 Å². The summed E-state index contributed by atoms with van der Waals surface area (Å²) in [5, 5.41) is 10.2. The zero-order valence-electron chi connectivity index (χ0n) is 13.7. The molecule has 0 aliphatic rings. The molecular weight excluding hydrogens is 250 g/mol. The smallest absolute Gasteiger partial charge is 0.124 e. The van der Waals surface area contributed by atoms with Gasteiger partial charge in [-0.2, -0.15) is 0 Å². The maximum atomic E-state index is 10.2. The van der Waals surface area contributed by atoms with Crippen LogP contribution >= 0.6 is 0 Å². The van der Waals surface area contributed by atoms with Gasteiger partial charge in [0, 0.05) is 30.8 Å². The SMILES string of the molecule is COc1ccc(C(C)N(CC(C)C)CC(C)C)c(O)c1. The topological polar surface area (TPSA) is 32.7 Å².